The maximum absolute atomic E-state index is 12.8. The van der Waals surface area contributed by atoms with E-state index in [0.29, 0.717) is 32.1 Å². The van der Waals surface area contributed by atoms with Crippen LogP contribution in [0.5, 0.6) is 0 Å². The number of anilines is 2. The Hall–Kier alpha value is -3.17. The topological polar surface area (TPSA) is 78.4 Å². The number of carbonyl (C=O) groups is 2. The van der Waals surface area contributed by atoms with Crippen molar-refractivity contribution in [3.63, 3.8) is 0 Å². The summed E-state index contributed by atoms with van der Waals surface area (Å²) in [5, 5.41) is 2.41. The number of hydrogen-bond donors (Lipinski definition) is 1. The minimum Gasteiger partial charge on any atom is -0.339 e. The zero-order valence-corrected chi connectivity index (χ0v) is 15.0. The van der Waals surface area contributed by atoms with Gasteiger partial charge in [0.2, 0.25) is 11.9 Å². The number of halogens is 3. The summed E-state index contributed by atoms with van der Waals surface area (Å²) in [5.74, 6) is -0.159. The van der Waals surface area contributed by atoms with Gasteiger partial charge < -0.3 is 15.1 Å². The van der Waals surface area contributed by atoms with E-state index in [9.17, 15) is 22.8 Å². The molecule has 148 valence electrons. The van der Waals surface area contributed by atoms with Gasteiger partial charge in [-0.3, -0.25) is 9.59 Å². The van der Waals surface area contributed by atoms with Crippen LogP contribution in [0.4, 0.5) is 24.8 Å². The number of piperazine rings is 1. The number of benzene rings is 1. The molecule has 28 heavy (non-hydrogen) atoms. The third kappa shape index (κ3) is 4.56. The Morgan fingerprint density at radius 3 is 2.29 bits per heavy atom. The quantitative estimate of drug-likeness (QED) is 0.867. The van der Waals surface area contributed by atoms with Gasteiger partial charge in [0.1, 0.15) is 0 Å². The second-order valence-corrected chi connectivity index (χ2v) is 6.30. The fourth-order valence-electron chi connectivity index (χ4n) is 2.80. The van der Waals surface area contributed by atoms with Crippen LogP contribution in [0.3, 0.4) is 0 Å². The SMILES string of the molecule is CC(=O)N1CCN(c2ncc(C(=O)Nc3cccc(C(F)(F)F)c3)cn2)CC1. The van der Waals surface area contributed by atoms with Gasteiger partial charge in [-0.25, -0.2) is 9.97 Å². The third-order valence-corrected chi connectivity index (χ3v) is 4.36. The maximum atomic E-state index is 12.8. The number of nitrogens with zero attached hydrogens (tertiary/aromatic N) is 4. The highest BCUT2D eigenvalue weighted by atomic mass is 19.4. The predicted molar refractivity (Wildman–Crippen MR) is 95.9 cm³/mol. The number of alkyl halides is 3. The van der Waals surface area contributed by atoms with Gasteiger partial charge >= 0.3 is 6.18 Å². The molecule has 7 nitrogen and oxygen atoms in total. The number of aromatic nitrogens is 2. The van der Waals surface area contributed by atoms with Crippen LogP contribution >= 0.6 is 0 Å². The fourth-order valence-corrected chi connectivity index (χ4v) is 2.80. The van der Waals surface area contributed by atoms with Crippen LogP contribution in [0.1, 0.15) is 22.8 Å². The lowest BCUT2D eigenvalue weighted by Gasteiger charge is -2.34. The van der Waals surface area contributed by atoms with Crippen molar-refractivity contribution in [3.05, 3.63) is 47.8 Å². The summed E-state index contributed by atoms with van der Waals surface area (Å²) in [6.07, 6.45) is -1.84. The van der Waals surface area contributed by atoms with Crippen LogP contribution in [0.15, 0.2) is 36.7 Å². The van der Waals surface area contributed by atoms with Gasteiger partial charge in [0.15, 0.2) is 0 Å². The molecule has 10 heteroatoms. The van der Waals surface area contributed by atoms with Gasteiger partial charge in [0.25, 0.3) is 5.91 Å². The molecule has 1 aromatic carbocycles. The Balaban J connectivity index is 1.64. The van der Waals surface area contributed by atoms with Gasteiger partial charge in [0, 0.05) is 51.2 Å². The zero-order valence-electron chi connectivity index (χ0n) is 15.0. The van der Waals surface area contributed by atoms with E-state index in [0.717, 1.165) is 12.1 Å². The molecule has 1 N–H and O–H groups in total. The highest BCUT2D eigenvalue weighted by Crippen LogP contribution is 2.30. The van der Waals surface area contributed by atoms with Gasteiger partial charge in [0.05, 0.1) is 11.1 Å². The first kappa shape index (κ1) is 19.6. The molecule has 0 spiro atoms. The van der Waals surface area contributed by atoms with Crippen LogP contribution in [-0.2, 0) is 11.0 Å². The number of rotatable bonds is 3. The summed E-state index contributed by atoms with van der Waals surface area (Å²) in [7, 11) is 0. The van der Waals surface area contributed by atoms with E-state index in [2.05, 4.69) is 15.3 Å². The second kappa shape index (κ2) is 7.83. The zero-order chi connectivity index (χ0) is 20.3. The standard InChI is InChI=1S/C18H18F3N5O2/c1-12(27)25-5-7-26(8-6-25)17-22-10-13(11-23-17)16(28)24-15-4-2-3-14(9-15)18(19,20)21/h2-4,9-11H,5-8H2,1H3,(H,24,28). The lowest BCUT2D eigenvalue weighted by atomic mass is 10.2. The molecule has 0 bridgehead atoms. The van der Waals surface area contributed by atoms with Gasteiger partial charge in [-0.05, 0) is 18.2 Å². The molecule has 0 atom stereocenters. The summed E-state index contributed by atoms with van der Waals surface area (Å²) < 4.78 is 38.3. The molecular weight excluding hydrogens is 375 g/mol. The number of nitrogens with one attached hydrogen (secondary N) is 1. The Morgan fingerprint density at radius 2 is 1.71 bits per heavy atom. The van der Waals surface area contributed by atoms with E-state index in [1.54, 1.807) is 4.90 Å². The molecule has 3 rings (SSSR count). The fraction of sp³-hybridized carbons (Fsp3) is 0.333. The summed E-state index contributed by atoms with van der Waals surface area (Å²) in [4.78, 5) is 35.6. The van der Waals surface area contributed by atoms with E-state index in [4.69, 9.17) is 0 Å². The molecule has 2 amide bonds. The minimum absolute atomic E-state index is 0.0159. The van der Waals surface area contributed by atoms with E-state index < -0.39 is 17.6 Å². The number of amides is 2. The van der Waals surface area contributed by atoms with Crippen molar-refractivity contribution in [1.82, 2.24) is 14.9 Å². The smallest absolute Gasteiger partial charge is 0.339 e. The molecule has 2 aromatic rings. The first-order valence-electron chi connectivity index (χ1n) is 8.55. The lowest BCUT2D eigenvalue weighted by Crippen LogP contribution is -2.48. The highest BCUT2D eigenvalue weighted by molar-refractivity contribution is 6.03. The molecule has 1 fully saturated rings. The monoisotopic (exact) mass is 393 g/mol. The summed E-state index contributed by atoms with van der Waals surface area (Å²) in [6.45, 7) is 3.81. The van der Waals surface area contributed by atoms with Crippen molar-refractivity contribution in [1.29, 1.82) is 0 Å². The molecule has 1 aromatic heterocycles. The normalized spacial score (nSPS) is 14.7. The van der Waals surface area contributed by atoms with Gasteiger partial charge in [-0.15, -0.1) is 0 Å². The molecule has 1 aliphatic rings. The van der Waals surface area contributed by atoms with Crippen molar-refractivity contribution in [2.75, 3.05) is 36.4 Å². The van der Waals surface area contributed by atoms with Gasteiger partial charge in [-0.1, -0.05) is 6.07 Å². The molecule has 0 radical (unpaired) electrons. The largest absolute Gasteiger partial charge is 0.416 e. The van der Waals surface area contributed by atoms with E-state index in [1.807, 2.05) is 4.90 Å². The number of carbonyl (C=O) groups excluding carboxylic acids is 2. The van der Waals surface area contributed by atoms with Crippen LogP contribution < -0.4 is 10.2 Å². The average Bonchev–Trinajstić information content (AvgIpc) is 2.68. The van der Waals surface area contributed by atoms with Crippen molar-refractivity contribution in [2.45, 2.75) is 13.1 Å². The van der Waals surface area contributed by atoms with Crippen LogP contribution in [0.2, 0.25) is 0 Å². The maximum Gasteiger partial charge on any atom is 0.416 e. The van der Waals surface area contributed by atoms with Crippen molar-refractivity contribution >= 4 is 23.5 Å². The Kier molecular flexibility index (Phi) is 5.48. The van der Waals surface area contributed by atoms with Crippen molar-refractivity contribution in [2.24, 2.45) is 0 Å². The summed E-state index contributed by atoms with van der Waals surface area (Å²) >= 11 is 0. The predicted octanol–water partition coefficient (Wildman–Crippen LogP) is 2.42. The lowest BCUT2D eigenvalue weighted by molar-refractivity contribution is -0.137. The third-order valence-electron chi connectivity index (χ3n) is 4.36. The molecule has 1 saturated heterocycles. The first-order valence-corrected chi connectivity index (χ1v) is 8.55. The molecular formula is C18H18F3N5O2. The van der Waals surface area contributed by atoms with Crippen molar-refractivity contribution in [3.8, 4) is 0 Å². The van der Waals surface area contributed by atoms with E-state index in [1.165, 1.54) is 31.5 Å². The number of hydrogen-bond acceptors (Lipinski definition) is 5. The molecule has 0 unspecified atom stereocenters. The van der Waals surface area contributed by atoms with E-state index >= 15 is 0 Å². The van der Waals surface area contributed by atoms with Crippen LogP contribution in [0.25, 0.3) is 0 Å². The van der Waals surface area contributed by atoms with E-state index in [-0.39, 0.29) is 17.2 Å². The molecule has 2 heterocycles. The molecule has 1 aliphatic heterocycles. The Morgan fingerprint density at radius 1 is 1.07 bits per heavy atom. The molecule has 0 aliphatic carbocycles. The Bertz CT molecular complexity index is 862. The Labute approximate surface area is 159 Å². The summed E-state index contributed by atoms with van der Waals surface area (Å²) in [5.41, 5.74) is -0.686. The second-order valence-electron chi connectivity index (χ2n) is 6.30. The van der Waals surface area contributed by atoms with Crippen LogP contribution in [-0.4, -0.2) is 52.9 Å². The average molecular weight is 393 g/mol. The van der Waals surface area contributed by atoms with Gasteiger partial charge in [-0.2, -0.15) is 13.2 Å². The summed E-state index contributed by atoms with van der Waals surface area (Å²) in [6, 6.07) is 4.39. The first-order chi connectivity index (χ1) is 13.2. The molecule has 0 saturated carbocycles. The van der Waals surface area contributed by atoms with Crippen molar-refractivity contribution < 1.29 is 22.8 Å². The highest BCUT2D eigenvalue weighted by Gasteiger charge is 2.30. The van der Waals surface area contributed by atoms with Crippen LogP contribution in [0, 0.1) is 0 Å². The minimum atomic E-state index is -4.49.